The van der Waals surface area contributed by atoms with Crippen LogP contribution in [-0.2, 0) is 0 Å². The number of carbonyl (C=O) groups excluding carboxylic acids is 2. The van der Waals surface area contributed by atoms with Crippen molar-refractivity contribution in [3.8, 4) is 5.75 Å². The molecule has 0 radical (unpaired) electrons. The number of anilines is 1. The zero-order valence-electron chi connectivity index (χ0n) is 17.3. The Labute approximate surface area is 173 Å². The Kier molecular flexibility index (Phi) is 7.28. The first kappa shape index (κ1) is 20.9. The molecule has 1 aliphatic rings. The van der Waals surface area contributed by atoms with Crippen LogP contribution >= 0.6 is 0 Å². The fourth-order valence-corrected chi connectivity index (χ4v) is 3.32. The minimum Gasteiger partial charge on any atom is -0.493 e. The van der Waals surface area contributed by atoms with E-state index in [4.69, 9.17) is 4.74 Å². The van der Waals surface area contributed by atoms with Crippen LogP contribution < -0.4 is 10.1 Å². The Morgan fingerprint density at radius 3 is 2.07 bits per heavy atom. The second-order valence-corrected chi connectivity index (χ2v) is 7.97. The van der Waals surface area contributed by atoms with Gasteiger partial charge >= 0.3 is 0 Å². The highest BCUT2D eigenvalue weighted by atomic mass is 16.5. The summed E-state index contributed by atoms with van der Waals surface area (Å²) in [7, 11) is 0. The van der Waals surface area contributed by atoms with Crippen molar-refractivity contribution < 1.29 is 14.3 Å². The van der Waals surface area contributed by atoms with E-state index in [-0.39, 0.29) is 11.8 Å². The van der Waals surface area contributed by atoms with Gasteiger partial charge in [-0.15, -0.1) is 0 Å². The third kappa shape index (κ3) is 6.08. The molecule has 3 rings (SSSR count). The first-order chi connectivity index (χ1) is 14.0. The Hall–Kier alpha value is -2.82. The lowest BCUT2D eigenvalue weighted by molar-refractivity contribution is 0.0761. The number of carbonyl (C=O) groups is 2. The van der Waals surface area contributed by atoms with Gasteiger partial charge in [0.2, 0.25) is 0 Å². The number of hydrogen-bond acceptors (Lipinski definition) is 3. The van der Waals surface area contributed by atoms with Gasteiger partial charge in [0.05, 0.1) is 6.61 Å². The lowest BCUT2D eigenvalue weighted by Crippen LogP contribution is -2.31. The predicted octanol–water partition coefficient (Wildman–Crippen LogP) is 4.99. The zero-order valence-corrected chi connectivity index (χ0v) is 17.3. The second kappa shape index (κ2) is 10.1. The molecular weight excluding hydrogens is 364 g/mol. The van der Waals surface area contributed by atoms with Gasteiger partial charge < -0.3 is 15.0 Å². The van der Waals surface area contributed by atoms with E-state index in [1.54, 1.807) is 48.5 Å². The highest BCUT2D eigenvalue weighted by Gasteiger charge is 2.17. The smallest absolute Gasteiger partial charge is 0.255 e. The topological polar surface area (TPSA) is 58.6 Å². The van der Waals surface area contributed by atoms with Gasteiger partial charge in [-0.2, -0.15) is 0 Å². The average molecular weight is 395 g/mol. The van der Waals surface area contributed by atoms with Crippen molar-refractivity contribution in [1.82, 2.24) is 4.90 Å². The number of nitrogens with zero attached hydrogens (tertiary/aromatic N) is 1. The van der Waals surface area contributed by atoms with Gasteiger partial charge in [-0.3, -0.25) is 9.59 Å². The number of benzene rings is 2. The lowest BCUT2D eigenvalue weighted by Gasteiger charge is -2.20. The van der Waals surface area contributed by atoms with Gasteiger partial charge in [0.1, 0.15) is 5.75 Å². The van der Waals surface area contributed by atoms with Gasteiger partial charge in [0.15, 0.2) is 0 Å². The van der Waals surface area contributed by atoms with Crippen molar-refractivity contribution in [2.45, 2.75) is 39.5 Å². The van der Waals surface area contributed by atoms with Crippen molar-refractivity contribution >= 4 is 17.5 Å². The van der Waals surface area contributed by atoms with Gasteiger partial charge in [0.25, 0.3) is 11.8 Å². The van der Waals surface area contributed by atoms with Crippen molar-refractivity contribution in [2.75, 3.05) is 25.0 Å². The fraction of sp³-hybridized carbons (Fsp3) is 0.417. The Morgan fingerprint density at radius 2 is 1.48 bits per heavy atom. The molecule has 1 heterocycles. The Balaban J connectivity index is 1.57. The molecule has 5 heteroatoms. The number of hydrogen-bond donors (Lipinski definition) is 1. The molecule has 2 amide bonds. The molecule has 0 bridgehead atoms. The average Bonchev–Trinajstić information content (AvgIpc) is 3.02. The quantitative estimate of drug-likeness (QED) is 0.751. The maximum absolute atomic E-state index is 12.7. The first-order valence-corrected chi connectivity index (χ1v) is 10.5. The summed E-state index contributed by atoms with van der Waals surface area (Å²) in [5.74, 6) is 1.09. The fourth-order valence-electron chi connectivity index (χ4n) is 3.32. The summed E-state index contributed by atoms with van der Waals surface area (Å²) in [5.41, 5.74) is 1.89. The Morgan fingerprint density at radius 1 is 0.897 bits per heavy atom. The molecule has 0 aliphatic carbocycles. The molecule has 1 aliphatic heterocycles. The predicted molar refractivity (Wildman–Crippen MR) is 116 cm³/mol. The molecule has 0 saturated carbocycles. The molecule has 0 unspecified atom stereocenters. The van der Waals surface area contributed by atoms with Gasteiger partial charge in [0, 0.05) is 29.9 Å². The highest BCUT2D eigenvalue weighted by Crippen LogP contribution is 2.18. The van der Waals surface area contributed by atoms with E-state index in [1.165, 1.54) is 12.8 Å². The van der Waals surface area contributed by atoms with Crippen molar-refractivity contribution in [3.05, 3.63) is 59.7 Å². The normalized spacial score (nSPS) is 14.4. The maximum atomic E-state index is 12.7. The summed E-state index contributed by atoms with van der Waals surface area (Å²) in [6.45, 7) is 6.49. The van der Waals surface area contributed by atoms with Crippen LogP contribution in [0.5, 0.6) is 5.75 Å². The largest absolute Gasteiger partial charge is 0.493 e. The van der Waals surface area contributed by atoms with Gasteiger partial charge in [-0.1, -0.05) is 26.7 Å². The van der Waals surface area contributed by atoms with E-state index in [0.717, 1.165) is 31.7 Å². The van der Waals surface area contributed by atoms with E-state index in [1.807, 2.05) is 4.90 Å². The summed E-state index contributed by atoms with van der Waals surface area (Å²) in [4.78, 5) is 27.1. The molecule has 1 N–H and O–H groups in total. The van der Waals surface area contributed by atoms with Crippen LogP contribution in [0.2, 0.25) is 0 Å². The molecule has 5 nitrogen and oxygen atoms in total. The summed E-state index contributed by atoms with van der Waals surface area (Å²) >= 11 is 0. The van der Waals surface area contributed by atoms with E-state index >= 15 is 0 Å². The first-order valence-electron chi connectivity index (χ1n) is 10.5. The summed E-state index contributed by atoms with van der Waals surface area (Å²) in [5, 5.41) is 2.88. The van der Waals surface area contributed by atoms with E-state index in [2.05, 4.69) is 19.2 Å². The molecular formula is C24H30N2O3. The zero-order chi connectivity index (χ0) is 20.6. The molecule has 1 fully saturated rings. The minimum absolute atomic E-state index is 0.0711. The minimum atomic E-state index is -0.188. The molecule has 1 saturated heterocycles. The number of ether oxygens (including phenoxy) is 1. The standard InChI is InChI=1S/C24H30N2O3/c1-18(2)17-29-22-13-9-19(10-14-22)23(27)25-21-11-7-20(8-12-21)24(28)26-15-5-3-4-6-16-26/h7-14,18H,3-6,15-17H2,1-2H3,(H,25,27). The summed E-state index contributed by atoms with van der Waals surface area (Å²) in [6.07, 6.45) is 4.53. The molecule has 0 aromatic heterocycles. The number of rotatable bonds is 6. The lowest BCUT2D eigenvalue weighted by atomic mass is 10.1. The molecule has 2 aromatic carbocycles. The van der Waals surface area contributed by atoms with Crippen LogP contribution in [0.4, 0.5) is 5.69 Å². The van der Waals surface area contributed by atoms with Crippen LogP contribution in [0.15, 0.2) is 48.5 Å². The third-order valence-electron chi connectivity index (χ3n) is 4.98. The van der Waals surface area contributed by atoms with Crippen LogP contribution in [0.3, 0.4) is 0 Å². The number of nitrogens with one attached hydrogen (secondary N) is 1. The number of amides is 2. The van der Waals surface area contributed by atoms with Crippen LogP contribution in [0, 0.1) is 5.92 Å². The van der Waals surface area contributed by atoms with Gasteiger partial charge in [-0.25, -0.2) is 0 Å². The van der Waals surface area contributed by atoms with Crippen molar-refractivity contribution in [3.63, 3.8) is 0 Å². The van der Waals surface area contributed by atoms with Crippen molar-refractivity contribution in [1.29, 1.82) is 0 Å². The molecule has 29 heavy (non-hydrogen) atoms. The second-order valence-electron chi connectivity index (χ2n) is 7.97. The maximum Gasteiger partial charge on any atom is 0.255 e. The monoisotopic (exact) mass is 394 g/mol. The van der Waals surface area contributed by atoms with Crippen LogP contribution in [0.25, 0.3) is 0 Å². The SMILES string of the molecule is CC(C)COc1ccc(C(=O)Nc2ccc(C(=O)N3CCCCCC3)cc2)cc1. The van der Waals surface area contributed by atoms with Crippen LogP contribution in [-0.4, -0.2) is 36.4 Å². The summed E-state index contributed by atoms with van der Waals surface area (Å²) < 4.78 is 5.65. The van der Waals surface area contributed by atoms with Crippen molar-refractivity contribution in [2.24, 2.45) is 5.92 Å². The van der Waals surface area contributed by atoms with Crippen LogP contribution in [0.1, 0.15) is 60.2 Å². The Bertz CT molecular complexity index is 805. The third-order valence-corrected chi connectivity index (χ3v) is 4.98. The van der Waals surface area contributed by atoms with E-state index in [0.29, 0.717) is 29.3 Å². The van der Waals surface area contributed by atoms with E-state index in [9.17, 15) is 9.59 Å². The molecule has 0 spiro atoms. The molecule has 0 atom stereocenters. The molecule has 154 valence electrons. The molecule has 2 aromatic rings. The number of likely N-dealkylation sites (tertiary alicyclic amines) is 1. The highest BCUT2D eigenvalue weighted by molar-refractivity contribution is 6.04. The summed E-state index contributed by atoms with van der Waals surface area (Å²) in [6, 6.07) is 14.2. The van der Waals surface area contributed by atoms with Gasteiger partial charge in [-0.05, 0) is 67.3 Å². The van der Waals surface area contributed by atoms with E-state index < -0.39 is 0 Å².